The Labute approximate surface area is 127 Å². The molecule has 0 aliphatic carbocycles. The second-order valence-corrected chi connectivity index (χ2v) is 6.02. The third-order valence-electron chi connectivity index (χ3n) is 4.23. The molecule has 0 amide bonds. The molecule has 0 aromatic heterocycles. The molecule has 2 atom stereocenters. The van der Waals surface area contributed by atoms with Crippen molar-refractivity contribution in [2.45, 2.75) is 25.0 Å². The molecule has 21 heavy (non-hydrogen) atoms. The second-order valence-electron chi connectivity index (χ2n) is 6.02. The van der Waals surface area contributed by atoms with Gasteiger partial charge in [0.1, 0.15) is 0 Å². The fourth-order valence-electron chi connectivity index (χ4n) is 3.21. The zero-order valence-corrected chi connectivity index (χ0v) is 12.7. The molecule has 2 aliphatic heterocycles. The van der Waals surface area contributed by atoms with Gasteiger partial charge < -0.3 is 14.8 Å². The van der Waals surface area contributed by atoms with E-state index in [9.17, 15) is 0 Å². The molecule has 4 nitrogen and oxygen atoms in total. The van der Waals surface area contributed by atoms with Crippen molar-refractivity contribution in [2.75, 3.05) is 46.0 Å². The summed E-state index contributed by atoms with van der Waals surface area (Å²) in [5.41, 5.74) is 1.41. The van der Waals surface area contributed by atoms with Gasteiger partial charge in [-0.05, 0) is 31.5 Å². The van der Waals surface area contributed by atoms with Crippen molar-refractivity contribution in [2.24, 2.45) is 0 Å². The van der Waals surface area contributed by atoms with E-state index in [0.717, 1.165) is 52.4 Å². The third kappa shape index (κ3) is 4.78. The van der Waals surface area contributed by atoms with Gasteiger partial charge in [0.05, 0.1) is 25.9 Å². The lowest BCUT2D eigenvalue weighted by molar-refractivity contribution is -0.0975. The van der Waals surface area contributed by atoms with E-state index in [1.165, 1.54) is 12.0 Å². The van der Waals surface area contributed by atoms with Crippen LogP contribution in [0.3, 0.4) is 0 Å². The van der Waals surface area contributed by atoms with Crippen LogP contribution < -0.4 is 5.32 Å². The lowest BCUT2D eigenvalue weighted by Gasteiger charge is -2.30. The van der Waals surface area contributed by atoms with Crippen LogP contribution in [0.2, 0.25) is 0 Å². The molecule has 0 spiro atoms. The van der Waals surface area contributed by atoms with Crippen LogP contribution in [-0.4, -0.2) is 63.0 Å². The summed E-state index contributed by atoms with van der Waals surface area (Å²) in [4.78, 5) is 2.53. The molecule has 2 unspecified atom stereocenters. The van der Waals surface area contributed by atoms with Crippen LogP contribution in [-0.2, 0) is 15.9 Å². The van der Waals surface area contributed by atoms with Gasteiger partial charge in [0.15, 0.2) is 0 Å². The van der Waals surface area contributed by atoms with E-state index in [4.69, 9.17) is 9.47 Å². The Morgan fingerprint density at radius 2 is 2.10 bits per heavy atom. The normalized spacial score (nSPS) is 28.2. The second kappa shape index (κ2) is 7.90. The first-order valence-electron chi connectivity index (χ1n) is 8.09. The van der Waals surface area contributed by atoms with Gasteiger partial charge in [0.2, 0.25) is 0 Å². The predicted molar refractivity (Wildman–Crippen MR) is 83.6 cm³/mol. The molecule has 1 N–H and O–H groups in total. The van der Waals surface area contributed by atoms with Gasteiger partial charge in [-0.3, -0.25) is 4.90 Å². The first kappa shape index (κ1) is 15.0. The van der Waals surface area contributed by atoms with Crippen LogP contribution in [0, 0.1) is 0 Å². The van der Waals surface area contributed by atoms with Gasteiger partial charge in [-0.25, -0.2) is 0 Å². The summed E-state index contributed by atoms with van der Waals surface area (Å²) >= 11 is 0. The van der Waals surface area contributed by atoms with Crippen LogP contribution in [0.1, 0.15) is 12.0 Å². The minimum Gasteiger partial charge on any atom is -0.376 e. The van der Waals surface area contributed by atoms with E-state index in [0.29, 0.717) is 6.04 Å². The molecule has 1 aromatic carbocycles. The van der Waals surface area contributed by atoms with Crippen LogP contribution in [0.25, 0.3) is 0 Å². The number of nitrogens with zero attached hydrogens (tertiary/aromatic N) is 1. The SMILES string of the molecule is c1ccc(CC2CN(CC3COCCO3)CCCN2)cc1. The first-order chi connectivity index (χ1) is 10.4. The van der Waals surface area contributed by atoms with Crippen LogP contribution in [0.15, 0.2) is 30.3 Å². The molecule has 2 heterocycles. The molecule has 2 saturated heterocycles. The van der Waals surface area contributed by atoms with Crippen molar-refractivity contribution in [3.05, 3.63) is 35.9 Å². The first-order valence-corrected chi connectivity index (χ1v) is 8.09. The maximum Gasteiger partial charge on any atom is 0.0936 e. The fourth-order valence-corrected chi connectivity index (χ4v) is 3.21. The standard InChI is InChI=1S/C17H26N2O2/c1-2-5-15(6-3-1)11-16-12-19(8-4-7-18-16)13-17-14-20-9-10-21-17/h1-3,5-6,16-18H,4,7-14H2. The molecule has 0 saturated carbocycles. The summed E-state index contributed by atoms with van der Waals surface area (Å²) in [6.45, 7) is 6.57. The van der Waals surface area contributed by atoms with E-state index in [-0.39, 0.29) is 6.10 Å². The van der Waals surface area contributed by atoms with Crippen molar-refractivity contribution < 1.29 is 9.47 Å². The largest absolute Gasteiger partial charge is 0.376 e. The number of hydrogen-bond acceptors (Lipinski definition) is 4. The Morgan fingerprint density at radius 1 is 1.19 bits per heavy atom. The predicted octanol–water partition coefficient (Wildman–Crippen LogP) is 1.31. The lowest BCUT2D eigenvalue weighted by atomic mass is 10.1. The zero-order valence-electron chi connectivity index (χ0n) is 12.7. The number of hydrogen-bond donors (Lipinski definition) is 1. The van der Waals surface area contributed by atoms with Crippen molar-refractivity contribution in [3.63, 3.8) is 0 Å². The van der Waals surface area contributed by atoms with Gasteiger partial charge in [-0.15, -0.1) is 0 Å². The fraction of sp³-hybridized carbons (Fsp3) is 0.647. The molecule has 4 heteroatoms. The lowest BCUT2D eigenvalue weighted by Crippen LogP contribution is -2.44. The van der Waals surface area contributed by atoms with Crippen LogP contribution >= 0.6 is 0 Å². The topological polar surface area (TPSA) is 33.7 Å². The zero-order chi connectivity index (χ0) is 14.3. The van der Waals surface area contributed by atoms with E-state index >= 15 is 0 Å². The maximum absolute atomic E-state index is 5.79. The van der Waals surface area contributed by atoms with Gasteiger partial charge >= 0.3 is 0 Å². The van der Waals surface area contributed by atoms with Crippen molar-refractivity contribution in [3.8, 4) is 0 Å². The minimum atomic E-state index is 0.245. The maximum atomic E-state index is 5.79. The molecule has 0 radical (unpaired) electrons. The highest BCUT2D eigenvalue weighted by atomic mass is 16.6. The smallest absolute Gasteiger partial charge is 0.0936 e. The Balaban J connectivity index is 1.53. The molecule has 116 valence electrons. The molecule has 1 aromatic rings. The van der Waals surface area contributed by atoms with Gasteiger partial charge in [-0.2, -0.15) is 0 Å². The summed E-state index contributed by atoms with van der Waals surface area (Å²) in [6.07, 6.45) is 2.55. The molecular weight excluding hydrogens is 264 g/mol. The number of ether oxygens (including phenoxy) is 2. The number of nitrogens with one attached hydrogen (secondary N) is 1. The van der Waals surface area contributed by atoms with Gasteiger partial charge in [0, 0.05) is 19.1 Å². The molecular formula is C17H26N2O2. The van der Waals surface area contributed by atoms with Crippen LogP contribution in [0.4, 0.5) is 0 Å². The summed E-state index contributed by atoms with van der Waals surface area (Å²) in [5.74, 6) is 0. The average molecular weight is 290 g/mol. The third-order valence-corrected chi connectivity index (χ3v) is 4.23. The van der Waals surface area contributed by atoms with Crippen LogP contribution in [0.5, 0.6) is 0 Å². The van der Waals surface area contributed by atoms with E-state index in [1.54, 1.807) is 0 Å². The van der Waals surface area contributed by atoms with E-state index in [1.807, 2.05) is 0 Å². The Hall–Kier alpha value is -0.940. The minimum absolute atomic E-state index is 0.245. The summed E-state index contributed by atoms with van der Waals surface area (Å²) in [7, 11) is 0. The summed E-state index contributed by atoms with van der Waals surface area (Å²) < 4.78 is 11.3. The quantitative estimate of drug-likeness (QED) is 0.906. The Kier molecular flexibility index (Phi) is 5.63. The Morgan fingerprint density at radius 3 is 2.90 bits per heavy atom. The molecule has 3 rings (SSSR count). The summed E-state index contributed by atoms with van der Waals surface area (Å²) in [5, 5.41) is 3.68. The van der Waals surface area contributed by atoms with Gasteiger partial charge in [0.25, 0.3) is 0 Å². The van der Waals surface area contributed by atoms with Crippen molar-refractivity contribution in [1.29, 1.82) is 0 Å². The van der Waals surface area contributed by atoms with Gasteiger partial charge in [-0.1, -0.05) is 30.3 Å². The highest BCUT2D eigenvalue weighted by molar-refractivity contribution is 5.16. The number of rotatable bonds is 4. The molecule has 2 fully saturated rings. The average Bonchev–Trinajstić information content (AvgIpc) is 2.74. The highest BCUT2D eigenvalue weighted by Crippen LogP contribution is 2.10. The number of benzene rings is 1. The molecule has 2 aliphatic rings. The van der Waals surface area contributed by atoms with Crippen molar-refractivity contribution >= 4 is 0 Å². The highest BCUT2D eigenvalue weighted by Gasteiger charge is 2.22. The van der Waals surface area contributed by atoms with E-state index < -0.39 is 0 Å². The monoisotopic (exact) mass is 290 g/mol. The van der Waals surface area contributed by atoms with E-state index in [2.05, 4.69) is 40.5 Å². The molecule has 0 bridgehead atoms. The van der Waals surface area contributed by atoms with Crippen molar-refractivity contribution in [1.82, 2.24) is 10.2 Å². The summed E-state index contributed by atoms with van der Waals surface area (Å²) in [6, 6.07) is 11.3. The Bertz CT molecular complexity index is 407.